The van der Waals surface area contributed by atoms with Crippen LogP contribution in [0.4, 0.5) is 0 Å². The van der Waals surface area contributed by atoms with Crippen LogP contribution in [0.15, 0.2) is 48.5 Å². The summed E-state index contributed by atoms with van der Waals surface area (Å²) in [7, 11) is 0. The molecule has 0 fully saturated rings. The lowest BCUT2D eigenvalue weighted by Gasteiger charge is -2.35. The van der Waals surface area contributed by atoms with Gasteiger partial charge in [-0.3, -0.25) is 9.59 Å². The molecule has 4 rings (SSSR count). The van der Waals surface area contributed by atoms with Crippen molar-refractivity contribution >= 4 is 22.6 Å². The van der Waals surface area contributed by atoms with Crippen molar-refractivity contribution in [2.75, 3.05) is 0 Å². The maximum atomic E-state index is 11.8. The number of hydrogen-bond acceptors (Lipinski definition) is 2. The number of halogens is 1. The van der Waals surface area contributed by atoms with Crippen LogP contribution in [0.3, 0.4) is 0 Å². The third-order valence-electron chi connectivity index (χ3n) is 7.56. The van der Waals surface area contributed by atoms with E-state index in [4.69, 9.17) is 11.6 Å². The highest BCUT2D eigenvalue weighted by molar-refractivity contribution is 6.64. The van der Waals surface area contributed by atoms with Crippen LogP contribution >= 0.6 is 11.6 Å². The Kier molecular flexibility index (Phi) is 7.18. The highest BCUT2D eigenvalue weighted by Gasteiger charge is 2.38. The van der Waals surface area contributed by atoms with Gasteiger partial charge in [-0.15, -0.1) is 0 Å². The van der Waals surface area contributed by atoms with Gasteiger partial charge in [0.1, 0.15) is 5.78 Å². The van der Waals surface area contributed by atoms with Gasteiger partial charge < -0.3 is 0 Å². The highest BCUT2D eigenvalue weighted by atomic mass is 35.5. The van der Waals surface area contributed by atoms with E-state index in [2.05, 4.69) is 49.4 Å². The summed E-state index contributed by atoms with van der Waals surface area (Å²) in [4.78, 5) is 23.3. The van der Waals surface area contributed by atoms with Gasteiger partial charge in [-0.2, -0.15) is 0 Å². The second kappa shape index (κ2) is 9.47. The van der Waals surface area contributed by atoms with Gasteiger partial charge in [-0.25, -0.2) is 0 Å². The Morgan fingerprint density at radius 2 is 1.17 bits per heavy atom. The Morgan fingerprint density at radius 1 is 0.767 bits per heavy atom. The van der Waals surface area contributed by atoms with Crippen molar-refractivity contribution in [3.05, 3.63) is 70.8 Å². The van der Waals surface area contributed by atoms with Crippen molar-refractivity contribution < 1.29 is 9.59 Å². The van der Waals surface area contributed by atoms with E-state index in [0.29, 0.717) is 5.78 Å². The van der Waals surface area contributed by atoms with Crippen LogP contribution in [0.1, 0.15) is 68.7 Å². The van der Waals surface area contributed by atoms with Crippen molar-refractivity contribution in [2.24, 2.45) is 10.8 Å². The largest absolute Gasteiger partial charge is 0.299 e. The van der Waals surface area contributed by atoms with Crippen molar-refractivity contribution in [2.45, 2.75) is 72.1 Å². The lowest BCUT2D eigenvalue weighted by Crippen LogP contribution is -2.34. The Balaban J connectivity index is 0.000000171. The predicted octanol–water partition coefficient (Wildman–Crippen LogP) is 6.50. The number of carbonyl (C=O) groups is 2. The van der Waals surface area contributed by atoms with E-state index < -0.39 is 0 Å². The number of ketones is 1. The molecule has 0 aromatic heterocycles. The normalized spacial score (nSPS) is 24.7. The topological polar surface area (TPSA) is 34.1 Å². The molecule has 0 amide bonds. The molecule has 160 valence electrons. The van der Waals surface area contributed by atoms with Crippen LogP contribution in [0, 0.1) is 10.8 Å². The number of rotatable bonds is 4. The molecule has 0 heterocycles. The van der Waals surface area contributed by atoms with Crippen molar-refractivity contribution in [1.82, 2.24) is 0 Å². The lowest BCUT2D eigenvalue weighted by atomic mass is 9.68. The van der Waals surface area contributed by atoms with Crippen LogP contribution in [0.25, 0.3) is 0 Å². The molecule has 2 aliphatic rings. The Labute approximate surface area is 186 Å². The van der Waals surface area contributed by atoms with Gasteiger partial charge in [-0.1, -0.05) is 62.4 Å². The molecule has 3 heteroatoms. The van der Waals surface area contributed by atoms with E-state index in [1.54, 1.807) is 6.92 Å². The Hall–Kier alpha value is -1.93. The fourth-order valence-electron chi connectivity index (χ4n) is 5.06. The van der Waals surface area contributed by atoms with E-state index in [1.165, 1.54) is 22.3 Å². The molecule has 0 aliphatic heterocycles. The first kappa shape index (κ1) is 22.7. The number of hydrogen-bond donors (Lipinski definition) is 0. The number of carbonyl (C=O) groups excluding carboxylic acids is 2. The van der Waals surface area contributed by atoms with Crippen LogP contribution < -0.4 is 0 Å². The summed E-state index contributed by atoms with van der Waals surface area (Å²) < 4.78 is 0. The molecular formula is C27H33ClO2. The summed E-state index contributed by atoms with van der Waals surface area (Å²) >= 11 is 5.74. The van der Waals surface area contributed by atoms with Crippen LogP contribution in [0.2, 0.25) is 0 Å². The third-order valence-corrected chi connectivity index (χ3v) is 7.96. The van der Waals surface area contributed by atoms with Gasteiger partial charge in [0.2, 0.25) is 5.24 Å². The molecule has 0 bridgehead atoms. The zero-order chi connectivity index (χ0) is 21.8. The molecule has 0 spiro atoms. The molecule has 2 unspecified atom stereocenters. The first-order valence-corrected chi connectivity index (χ1v) is 11.6. The second-order valence-corrected chi connectivity index (χ2v) is 9.33. The van der Waals surface area contributed by atoms with Crippen LogP contribution in [-0.2, 0) is 35.3 Å². The summed E-state index contributed by atoms with van der Waals surface area (Å²) in [6, 6.07) is 16.9. The van der Waals surface area contributed by atoms with Crippen molar-refractivity contribution in [3.63, 3.8) is 0 Å². The summed E-state index contributed by atoms with van der Waals surface area (Å²) in [6.45, 7) is 5.93. The molecule has 2 nitrogen and oxygen atoms in total. The molecule has 2 aliphatic carbocycles. The summed E-state index contributed by atoms with van der Waals surface area (Å²) in [6.07, 6.45) is 7.50. The highest BCUT2D eigenvalue weighted by Crippen LogP contribution is 2.40. The van der Waals surface area contributed by atoms with Crippen LogP contribution in [-0.4, -0.2) is 11.0 Å². The van der Waals surface area contributed by atoms with Crippen molar-refractivity contribution in [1.29, 1.82) is 0 Å². The molecule has 2 aromatic carbocycles. The minimum Gasteiger partial charge on any atom is -0.299 e. The number of Topliss-reactive ketones (excluding diaryl/α,β-unsaturated/α-hetero) is 1. The van der Waals surface area contributed by atoms with Crippen molar-refractivity contribution in [3.8, 4) is 0 Å². The summed E-state index contributed by atoms with van der Waals surface area (Å²) in [5, 5.41) is -0.167. The smallest absolute Gasteiger partial charge is 0.228 e. The molecule has 2 atom stereocenters. The minimum absolute atomic E-state index is 0.0750. The van der Waals surface area contributed by atoms with E-state index >= 15 is 0 Å². The molecule has 30 heavy (non-hydrogen) atoms. The third kappa shape index (κ3) is 4.54. The number of benzene rings is 2. The fourth-order valence-corrected chi connectivity index (χ4v) is 5.36. The molecular weight excluding hydrogens is 392 g/mol. The first-order chi connectivity index (χ1) is 14.4. The van der Waals surface area contributed by atoms with E-state index in [-0.39, 0.29) is 16.1 Å². The minimum atomic E-state index is -0.310. The van der Waals surface area contributed by atoms with Crippen LogP contribution in [0.5, 0.6) is 0 Å². The Morgan fingerprint density at radius 3 is 1.57 bits per heavy atom. The number of aryl methyl sites for hydroxylation is 2. The predicted molar refractivity (Wildman–Crippen MR) is 124 cm³/mol. The van der Waals surface area contributed by atoms with Gasteiger partial charge in [0.15, 0.2) is 0 Å². The van der Waals surface area contributed by atoms with Gasteiger partial charge in [-0.05, 0) is 92.1 Å². The fraction of sp³-hybridized carbons (Fsp3) is 0.481. The molecule has 2 aromatic rings. The monoisotopic (exact) mass is 424 g/mol. The van der Waals surface area contributed by atoms with E-state index in [0.717, 1.165) is 51.4 Å². The van der Waals surface area contributed by atoms with Gasteiger partial charge in [0.25, 0.3) is 0 Å². The summed E-state index contributed by atoms with van der Waals surface area (Å²) in [5.41, 5.74) is 5.09. The standard InChI is InChI=1S/C14H18O.C13H15ClO/c1-3-14(11(2)15)9-8-12-6-4-5-7-13(12)10-14;1-2-13(12(14)15)8-7-10-5-3-4-6-11(10)9-13/h4-7H,3,8-10H2,1-2H3;3-6H,2,7-9H2,1H3. The second-order valence-electron chi connectivity index (χ2n) is 8.99. The Bertz CT molecular complexity index is 843. The zero-order valence-electron chi connectivity index (χ0n) is 18.5. The van der Waals surface area contributed by atoms with Gasteiger partial charge >= 0.3 is 0 Å². The van der Waals surface area contributed by atoms with Gasteiger partial charge in [0, 0.05) is 10.8 Å². The first-order valence-electron chi connectivity index (χ1n) is 11.2. The molecule has 0 radical (unpaired) electrons. The maximum Gasteiger partial charge on any atom is 0.228 e. The van der Waals surface area contributed by atoms with Gasteiger partial charge in [0.05, 0.1) is 0 Å². The average Bonchev–Trinajstić information content (AvgIpc) is 2.78. The average molecular weight is 425 g/mol. The molecule has 0 saturated heterocycles. The SMILES string of the molecule is CCC1(C(=O)Cl)CCc2ccccc2C1.CCC1(C(C)=O)CCc2ccccc2C1. The summed E-state index contributed by atoms with van der Waals surface area (Å²) in [5.74, 6) is 0.361. The molecule has 0 N–H and O–H groups in total. The van der Waals surface area contributed by atoms with E-state index in [1.807, 2.05) is 13.0 Å². The molecule has 0 saturated carbocycles. The zero-order valence-corrected chi connectivity index (χ0v) is 19.2. The van der Waals surface area contributed by atoms with E-state index in [9.17, 15) is 9.59 Å². The lowest BCUT2D eigenvalue weighted by molar-refractivity contribution is -0.127. The quantitative estimate of drug-likeness (QED) is 0.525. The maximum absolute atomic E-state index is 11.8. The number of fused-ring (bicyclic) bond motifs is 2.